The van der Waals surface area contributed by atoms with Crippen LogP contribution >= 0.6 is 0 Å². The Morgan fingerprint density at radius 3 is 2.76 bits per heavy atom. The second-order valence-electron chi connectivity index (χ2n) is 6.31. The number of nitrogens with one attached hydrogen (secondary N) is 2. The minimum atomic E-state index is -0.419. The average Bonchev–Trinajstić information content (AvgIpc) is 2.98. The van der Waals surface area contributed by atoms with Crippen molar-refractivity contribution < 1.29 is 9.53 Å². The third-order valence-corrected chi connectivity index (χ3v) is 4.63. The SMILES string of the molecule is CCc1nnc(CN[C@@H](C)c2ccc3c(c2)O[C@@H](CC)C(=O)N3)n1C. The molecular formula is C18H25N5O2. The summed E-state index contributed by atoms with van der Waals surface area (Å²) in [5, 5.41) is 14.8. The van der Waals surface area contributed by atoms with E-state index in [1.54, 1.807) is 0 Å². The molecule has 2 atom stereocenters. The first-order valence-electron chi connectivity index (χ1n) is 8.75. The fraction of sp³-hybridized carbons (Fsp3) is 0.500. The minimum absolute atomic E-state index is 0.0806. The van der Waals surface area contributed by atoms with Crippen LogP contribution < -0.4 is 15.4 Å². The average molecular weight is 343 g/mol. The molecule has 134 valence electrons. The van der Waals surface area contributed by atoms with Crippen LogP contribution in [0.4, 0.5) is 5.69 Å². The minimum Gasteiger partial charge on any atom is -0.478 e. The highest BCUT2D eigenvalue weighted by molar-refractivity contribution is 5.97. The van der Waals surface area contributed by atoms with Crippen LogP contribution in [0.5, 0.6) is 5.75 Å². The van der Waals surface area contributed by atoms with E-state index in [2.05, 4.69) is 34.7 Å². The zero-order valence-electron chi connectivity index (χ0n) is 15.2. The molecule has 2 N–H and O–H groups in total. The van der Waals surface area contributed by atoms with Gasteiger partial charge in [-0.15, -0.1) is 10.2 Å². The van der Waals surface area contributed by atoms with E-state index in [0.29, 0.717) is 13.0 Å². The van der Waals surface area contributed by atoms with Crippen molar-refractivity contribution in [1.82, 2.24) is 20.1 Å². The topological polar surface area (TPSA) is 81.1 Å². The largest absolute Gasteiger partial charge is 0.478 e. The number of rotatable bonds is 6. The lowest BCUT2D eigenvalue weighted by molar-refractivity contribution is -0.123. The molecule has 1 aliphatic rings. The number of anilines is 1. The van der Waals surface area contributed by atoms with Gasteiger partial charge in [0.15, 0.2) is 6.10 Å². The Hall–Kier alpha value is -2.41. The molecule has 1 aliphatic heterocycles. The van der Waals surface area contributed by atoms with Crippen molar-refractivity contribution in [2.45, 2.75) is 52.3 Å². The Morgan fingerprint density at radius 1 is 1.32 bits per heavy atom. The number of ether oxygens (including phenoxy) is 1. The molecule has 1 aromatic heterocycles. The van der Waals surface area contributed by atoms with Crippen molar-refractivity contribution in [3.05, 3.63) is 35.4 Å². The molecule has 0 spiro atoms. The smallest absolute Gasteiger partial charge is 0.265 e. The molecule has 0 radical (unpaired) electrons. The number of carbonyl (C=O) groups is 1. The molecule has 7 nitrogen and oxygen atoms in total. The number of benzene rings is 1. The summed E-state index contributed by atoms with van der Waals surface area (Å²) in [4.78, 5) is 11.9. The molecule has 25 heavy (non-hydrogen) atoms. The molecule has 0 unspecified atom stereocenters. The van der Waals surface area contributed by atoms with Gasteiger partial charge in [-0.25, -0.2) is 0 Å². The summed E-state index contributed by atoms with van der Waals surface area (Å²) in [6, 6.07) is 6.00. The van der Waals surface area contributed by atoms with Crippen LogP contribution in [0, 0.1) is 0 Å². The molecule has 1 amide bonds. The predicted molar refractivity (Wildman–Crippen MR) is 95.4 cm³/mol. The summed E-state index contributed by atoms with van der Waals surface area (Å²) < 4.78 is 7.84. The van der Waals surface area contributed by atoms with Crippen LogP contribution in [-0.4, -0.2) is 26.8 Å². The fourth-order valence-electron chi connectivity index (χ4n) is 2.92. The van der Waals surface area contributed by atoms with E-state index in [-0.39, 0.29) is 11.9 Å². The molecule has 0 saturated heterocycles. The maximum absolute atomic E-state index is 11.9. The highest BCUT2D eigenvalue weighted by atomic mass is 16.5. The maximum atomic E-state index is 11.9. The van der Waals surface area contributed by atoms with Crippen LogP contribution in [-0.2, 0) is 24.8 Å². The van der Waals surface area contributed by atoms with Crippen LogP contribution in [0.25, 0.3) is 0 Å². The van der Waals surface area contributed by atoms with Gasteiger partial charge in [0, 0.05) is 19.5 Å². The van der Waals surface area contributed by atoms with Gasteiger partial charge in [0.05, 0.1) is 12.2 Å². The number of hydrogen-bond donors (Lipinski definition) is 2. The van der Waals surface area contributed by atoms with Crippen molar-refractivity contribution >= 4 is 11.6 Å². The van der Waals surface area contributed by atoms with Crippen LogP contribution in [0.3, 0.4) is 0 Å². The molecule has 7 heteroatoms. The van der Waals surface area contributed by atoms with E-state index in [1.807, 2.05) is 36.7 Å². The van der Waals surface area contributed by atoms with Crippen molar-refractivity contribution in [1.29, 1.82) is 0 Å². The Morgan fingerprint density at radius 2 is 2.08 bits per heavy atom. The van der Waals surface area contributed by atoms with E-state index >= 15 is 0 Å². The number of nitrogens with zero attached hydrogens (tertiary/aromatic N) is 3. The molecule has 3 rings (SSSR count). The monoisotopic (exact) mass is 343 g/mol. The van der Waals surface area contributed by atoms with Gasteiger partial charge in [-0.05, 0) is 31.0 Å². The Balaban J connectivity index is 1.69. The molecule has 0 bridgehead atoms. The van der Waals surface area contributed by atoms with Crippen LogP contribution in [0.1, 0.15) is 50.4 Å². The summed E-state index contributed by atoms with van der Waals surface area (Å²) in [5.41, 5.74) is 1.83. The zero-order chi connectivity index (χ0) is 18.0. The first kappa shape index (κ1) is 17.4. The van der Waals surface area contributed by atoms with Crippen LogP contribution in [0.15, 0.2) is 18.2 Å². The van der Waals surface area contributed by atoms with Gasteiger partial charge in [-0.3, -0.25) is 4.79 Å². The van der Waals surface area contributed by atoms with Gasteiger partial charge >= 0.3 is 0 Å². The summed E-state index contributed by atoms with van der Waals surface area (Å²) in [6.45, 7) is 6.74. The van der Waals surface area contributed by atoms with E-state index < -0.39 is 6.10 Å². The number of hydrogen-bond acceptors (Lipinski definition) is 5. The van der Waals surface area contributed by atoms with E-state index in [1.165, 1.54) is 0 Å². The third kappa shape index (κ3) is 3.51. The molecule has 2 heterocycles. The molecule has 2 aromatic rings. The second-order valence-corrected chi connectivity index (χ2v) is 6.31. The van der Waals surface area contributed by atoms with E-state index in [4.69, 9.17) is 4.74 Å². The zero-order valence-corrected chi connectivity index (χ0v) is 15.2. The highest BCUT2D eigenvalue weighted by Gasteiger charge is 2.26. The first-order chi connectivity index (χ1) is 12.0. The van der Waals surface area contributed by atoms with Crippen molar-refractivity contribution in [2.24, 2.45) is 7.05 Å². The molecule has 1 aromatic carbocycles. The molecular weight excluding hydrogens is 318 g/mol. The van der Waals surface area contributed by atoms with Gasteiger partial charge < -0.3 is 19.9 Å². The summed E-state index contributed by atoms with van der Waals surface area (Å²) >= 11 is 0. The third-order valence-electron chi connectivity index (χ3n) is 4.63. The number of carbonyl (C=O) groups excluding carboxylic acids is 1. The standard InChI is InChI=1S/C18H25N5O2/c1-5-14-18(24)20-13-8-7-12(9-15(13)25-14)11(3)19-10-17-22-21-16(6-2)23(17)4/h7-9,11,14,19H,5-6,10H2,1-4H3,(H,20,24)/t11-,14-/m0/s1. The predicted octanol–water partition coefficient (Wildman–Crippen LogP) is 2.34. The van der Waals surface area contributed by atoms with Crippen molar-refractivity contribution in [2.75, 3.05) is 5.32 Å². The highest BCUT2D eigenvalue weighted by Crippen LogP contribution is 2.33. The van der Waals surface area contributed by atoms with E-state index in [0.717, 1.165) is 35.1 Å². The number of aryl methyl sites for hydroxylation is 1. The van der Waals surface area contributed by atoms with Gasteiger partial charge in [0.1, 0.15) is 17.4 Å². The lowest BCUT2D eigenvalue weighted by Gasteiger charge is -2.26. The summed E-state index contributed by atoms with van der Waals surface area (Å²) in [5.74, 6) is 2.54. The first-order valence-corrected chi connectivity index (χ1v) is 8.75. The van der Waals surface area contributed by atoms with Crippen molar-refractivity contribution in [3.63, 3.8) is 0 Å². The van der Waals surface area contributed by atoms with Crippen molar-refractivity contribution in [3.8, 4) is 5.75 Å². The van der Waals surface area contributed by atoms with E-state index in [9.17, 15) is 4.79 Å². The van der Waals surface area contributed by atoms with Gasteiger partial charge in [-0.1, -0.05) is 19.9 Å². The Bertz CT molecular complexity index is 771. The molecule has 0 saturated carbocycles. The number of aromatic nitrogens is 3. The normalized spacial score (nSPS) is 17.6. The summed E-state index contributed by atoms with van der Waals surface area (Å²) in [7, 11) is 1.99. The van der Waals surface area contributed by atoms with Crippen LogP contribution in [0.2, 0.25) is 0 Å². The lowest BCUT2D eigenvalue weighted by atomic mass is 10.1. The second kappa shape index (κ2) is 7.23. The summed E-state index contributed by atoms with van der Waals surface area (Å²) in [6.07, 6.45) is 1.10. The number of fused-ring (bicyclic) bond motifs is 1. The number of amides is 1. The Kier molecular flexibility index (Phi) is 5.03. The molecule has 0 aliphatic carbocycles. The fourth-order valence-corrected chi connectivity index (χ4v) is 2.92. The maximum Gasteiger partial charge on any atom is 0.265 e. The molecule has 0 fully saturated rings. The Labute approximate surface area is 147 Å². The van der Waals surface area contributed by atoms with Gasteiger partial charge in [-0.2, -0.15) is 0 Å². The van der Waals surface area contributed by atoms with Gasteiger partial charge in [0.25, 0.3) is 5.91 Å². The van der Waals surface area contributed by atoms with Gasteiger partial charge in [0.2, 0.25) is 0 Å². The quantitative estimate of drug-likeness (QED) is 0.841. The lowest BCUT2D eigenvalue weighted by Crippen LogP contribution is -2.36.